The minimum atomic E-state index is -1.57. The van der Waals surface area contributed by atoms with Gasteiger partial charge in [-0.3, -0.25) is 0 Å². The summed E-state index contributed by atoms with van der Waals surface area (Å²) in [6.45, 7) is 13.2. The predicted molar refractivity (Wildman–Crippen MR) is 83.0 cm³/mol. The molecule has 1 aromatic carbocycles. The lowest BCUT2D eigenvalue weighted by Crippen LogP contribution is -2.37. The summed E-state index contributed by atoms with van der Waals surface area (Å²) in [6, 6.07) is 7.84. The van der Waals surface area contributed by atoms with Gasteiger partial charge >= 0.3 is 0 Å². The van der Waals surface area contributed by atoms with Crippen molar-refractivity contribution in [2.24, 2.45) is 0 Å². The van der Waals surface area contributed by atoms with E-state index >= 15 is 0 Å². The Morgan fingerprint density at radius 1 is 1.11 bits per heavy atom. The van der Waals surface area contributed by atoms with Gasteiger partial charge in [0.15, 0.2) is 8.32 Å². The lowest BCUT2D eigenvalue weighted by molar-refractivity contribution is 0.164. The molecule has 0 fully saturated rings. The van der Waals surface area contributed by atoms with Gasteiger partial charge < -0.3 is 9.16 Å². The van der Waals surface area contributed by atoms with Crippen LogP contribution < -0.4 is 4.74 Å². The first-order chi connectivity index (χ1) is 8.72. The maximum absolute atomic E-state index is 6.05. The summed E-state index contributed by atoms with van der Waals surface area (Å²) in [6.07, 6.45) is 0. The normalized spacial score (nSPS) is 11.7. The highest BCUT2D eigenvalue weighted by atomic mass is 28.4. The van der Waals surface area contributed by atoms with Crippen molar-refractivity contribution in [3.8, 4) is 17.6 Å². The number of rotatable bonds is 4. The number of benzene rings is 1. The summed E-state index contributed by atoms with van der Waals surface area (Å²) in [4.78, 5) is 0. The van der Waals surface area contributed by atoms with Crippen molar-refractivity contribution in [2.45, 2.75) is 46.0 Å². The Labute approximate surface area is 118 Å². The zero-order chi connectivity index (χ0) is 14.5. The maximum Gasteiger partial charge on any atom is 0.185 e. The van der Waals surface area contributed by atoms with Gasteiger partial charge in [0.05, 0.1) is 6.61 Å². The molecule has 0 spiro atoms. The Kier molecular flexibility index (Phi) is 5.22. The van der Waals surface area contributed by atoms with Crippen molar-refractivity contribution < 1.29 is 9.16 Å². The van der Waals surface area contributed by atoms with Crippen LogP contribution in [0.3, 0.4) is 0 Å². The fourth-order valence-corrected chi connectivity index (χ4v) is 3.40. The number of hydrogen-bond acceptors (Lipinski definition) is 2. The summed E-state index contributed by atoms with van der Waals surface area (Å²) < 4.78 is 11.5. The predicted octanol–water partition coefficient (Wildman–Crippen LogP) is 4.07. The highest BCUT2D eigenvalue weighted by molar-refractivity contribution is 6.69. The molecule has 0 saturated heterocycles. The van der Waals surface area contributed by atoms with Crippen LogP contribution in [0, 0.1) is 11.8 Å². The minimum absolute atomic E-state index is 0.400. The molecule has 0 aliphatic carbocycles. The van der Waals surface area contributed by atoms with E-state index in [-0.39, 0.29) is 0 Å². The Hall–Kier alpha value is -1.24. The molecule has 104 valence electrons. The zero-order valence-corrected chi connectivity index (χ0v) is 13.8. The zero-order valence-electron chi connectivity index (χ0n) is 12.8. The molecule has 1 aromatic rings. The third-order valence-corrected chi connectivity index (χ3v) is 3.36. The largest absolute Gasteiger partial charge is 0.494 e. The topological polar surface area (TPSA) is 18.5 Å². The number of ether oxygens (including phenoxy) is 1. The molecule has 2 nitrogen and oxygen atoms in total. The Balaban J connectivity index is 2.76. The van der Waals surface area contributed by atoms with E-state index in [2.05, 4.69) is 31.5 Å². The summed E-state index contributed by atoms with van der Waals surface area (Å²) >= 11 is 0. The third kappa shape index (κ3) is 6.47. The van der Waals surface area contributed by atoms with Gasteiger partial charge in [0.1, 0.15) is 11.4 Å². The summed E-state index contributed by atoms with van der Waals surface area (Å²) in [5.74, 6) is 7.25. The summed E-state index contributed by atoms with van der Waals surface area (Å²) in [7, 11) is -1.57. The van der Waals surface area contributed by atoms with Crippen LogP contribution in [-0.2, 0) is 4.43 Å². The van der Waals surface area contributed by atoms with Gasteiger partial charge in [-0.15, -0.1) is 0 Å². The van der Waals surface area contributed by atoms with Crippen molar-refractivity contribution in [1.82, 2.24) is 0 Å². The molecule has 3 heteroatoms. The highest BCUT2D eigenvalue weighted by Gasteiger charge is 2.25. The summed E-state index contributed by atoms with van der Waals surface area (Å²) in [5, 5.41) is 0. The van der Waals surface area contributed by atoms with Crippen LogP contribution in [0.1, 0.15) is 26.3 Å². The molecule has 0 saturated carbocycles. The maximum atomic E-state index is 6.05. The van der Waals surface area contributed by atoms with Gasteiger partial charge in [-0.1, -0.05) is 11.8 Å². The fourth-order valence-electron chi connectivity index (χ4n) is 1.81. The standard InChI is InChI=1S/C16H24O2Si/c1-7-17-15-10-8-14(9-11-15)12-13-16(2,3)18-19(4,5)6/h8-11H,7H2,1-6H3. The van der Waals surface area contributed by atoms with Crippen LogP contribution in [0.5, 0.6) is 5.75 Å². The van der Waals surface area contributed by atoms with E-state index in [1.165, 1.54) is 0 Å². The number of hydrogen-bond donors (Lipinski definition) is 0. The van der Waals surface area contributed by atoms with Gasteiger partial charge in [-0.05, 0) is 64.7 Å². The Morgan fingerprint density at radius 3 is 2.16 bits per heavy atom. The van der Waals surface area contributed by atoms with E-state index in [1.54, 1.807) is 0 Å². The molecule has 0 aromatic heterocycles. The van der Waals surface area contributed by atoms with Crippen molar-refractivity contribution in [3.63, 3.8) is 0 Å². The molecule has 0 bridgehead atoms. The van der Waals surface area contributed by atoms with Crippen molar-refractivity contribution in [2.75, 3.05) is 6.61 Å². The van der Waals surface area contributed by atoms with E-state index in [9.17, 15) is 0 Å². The van der Waals surface area contributed by atoms with Crippen LogP contribution in [-0.4, -0.2) is 20.5 Å². The van der Waals surface area contributed by atoms with Crippen LogP contribution in [0.2, 0.25) is 19.6 Å². The highest BCUT2D eigenvalue weighted by Crippen LogP contribution is 2.17. The van der Waals surface area contributed by atoms with Gasteiger partial charge in [-0.2, -0.15) is 0 Å². The molecular weight excluding hydrogens is 252 g/mol. The molecule has 0 aliphatic rings. The molecule has 0 unspecified atom stereocenters. The monoisotopic (exact) mass is 276 g/mol. The van der Waals surface area contributed by atoms with E-state index in [1.807, 2.05) is 45.0 Å². The van der Waals surface area contributed by atoms with Gasteiger partial charge in [0.2, 0.25) is 0 Å². The molecule has 19 heavy (non-hydrogen) atoms. The molecule has 1 rings (SSSR count). The van der Waals surface area contributed by atoms with Crippen molar-refractivity contribution >= 4 is 8.32 Å². The van der Waals surface area contributed by atoms with E-state index in [4.69, 9.17) is 9.16 Å². The quantitative estimate of drug-likeness (QED) is 0.610. The van der Waals surface area contributed by atoms with Crippen LogP contribution in [0.4, 0.5) is 0 Å². The molecule has 0 atom stereocenters. The van der Waals surface area contributed by atoms with Crippen LogP contribution >= 0.6 is 0 Å². The SMILES string of the molecule is CCOc1ccc(C#CC(C)(C)O[Si](C)(C)C)cc1. The van der Waals surface area contributed by atoms with E-state index in [0.717, 1.165) is 11.3 Å². The summed E-state index contributed by atoms with van der Waals surface area (Å²) in [5.41, 5.74) is 0.582. The fraction of sp³-hybridized carbons (Fsp3) is 0.500. The molecule has 0 radical (unpaired) electrons. The van der Waals surface area contributed by atoms with Crippen LogP contribution in [0.25, 0.3) is 0 Å². The van der Waals surface area contributed by atoms with E-state index < -0.39 is 13.9 Å². The second-order valence-electron chi connectivity index (χ2n) is 5.93. The molecule has 0 heterocycles. The van der Waals surface area contributed by atoms with Crippen molar-refractivity contribution in [1.29, 1.82) is 0 Å². The molecular formula is C16H24O2Si. The van der Waals surface area contributed by atoms with Gasteiger partial charge in [0.25, 0.3) is 0 Å². The molecule has 0 N–H and O–H groups in total. The lowest BCUT2D eigenvalue weighted by Gasteiger charge is -2.28. The lowest BCUT2D eigenvalue weighted by atomic mass is 10.1. The van der Waals surface area contributed by atoms with E-state index in [0.29, 0.717) is 6.61 Å². The first-order valence-corrected chi connectivity index (χ1v) is 10.1. The third-order valence-electron chi connectivity index (χ3n) is 2.23. The Bertz CT molecular complexity index is 458. The first kappa shape index (κ1) is 15.8. The average Bonchev–Trinajstić information content (AvgIpc) is 2.25. The first-order valence-electron chi connectivity index (χ1n) is 6.68. The Morgan fingerprint density at radius 2 is 1.68 bits per heavy atom. The second-order valence-corrected chi connectivity index (χ2v) is 10.4. The smallest absolute Gasteiger partial charge is 0.185 e. The average molecular weight is 276 g/mol. The van der Waals surface area contributed by atoms with Gasteiger partial charge in [0, 0.05) is 5.56 Å². The van der Waals surface area contributed by atoms with Crippen molar-refractivity contribution in [3.05, 3.63) is 29.8 Å². The minimum Gasteiger partial charge on any atom is -0.494 e. The molecule has 0 aliphatic heterocycles. The van der Waals surface area contributed by atoms with Crippen LogP contribution in [0.15, 0.2) is 24.3 Å². The second kappa shape index (κ2) is 6.27. The molecule has 0 amide bonds. The van der Waals surface area contributed by atoms with Gasteiger partial charge in [-0.25, -0.2) is 0 Å².